The third kappa shape index (κ3) is 3.13. The Morgan fingerprint density at radius 3 is 2.81 bits per heavy atom. The van der Waals surface area contributed by atoms with Crippen LogP contribution < -0.4 is 5.32 Å². The molecule has 0 saturated heterocycles. The molecular weight excluding hydrogens is 258 g/mol. The molecule has 2 aromatic carbocycles. The molecule has 0 aliphatic heterocycles. The zero-order chi connectivity index (χ0) is 14.5. The summed E-state index contributed by atoms with van der Waals surface area (Å²) in [4.78, 5) is 3.20. The molecule has 3 heteroatoms. The zero-order valence-electron chi connectivity index (χ0n) is 11.5. The van der Waals surface area contributed by atoms with E-state index in [1.165, 1.54) is 10.9 Å². The Kier molecular flexibility index (Phi) is 3.70. The Labute approximate surface area is 123 Å². The van der Waals surface area contributed by atoms with E-state index in [4.69, 9.17) is 0 Å². The van der Waals surface area contributed by atoms with Crippen LogP contribution in [0.2, 0.25) is 0 Å². The van der Waals surface area contributed by atoms with Crippen LogP contribution in [0.25, 0.3) is 10.9 Å². The molecule has 3 rings (SSSR count). The summed E-state index contributed by atoms with van der Waals surface area (Å²) >= 11 is 0. The highest BCUT2D eigenvalue weighted by Crippen LogP contribution is 2.15. The van der Waals surface area contributed by atoms with E-state index in [-0.39, 0.29) is 0 Å². The minimum absolute atomic E-state index is 0.563. The summed E-state index contributed by atoms with van der Waals surface area (Å²) in [5.74, 6) is 0. The van der Waals surface area contributed by atoms with Gasteiger partial charge in [0.25, 0.3) is 0 Å². The third-order valence-electron chi connectivity index (χ3n) is 3.33. The number of benzene rings is 2. The van der Waals surface area contributed by atoms with E-state index >= 15 is 0 Å². The van der Waals surface area contributed by atoms with E-state index in [0.29, 0.717) is 5.70 Å². The van der Waals surface area contributed by atoms with Crippen LogP contribution in [-0.2, 0) is 6.42 Å². The highest BCUT2D eigenvalue weighted by molar-refractivity contribution is 5.79. The molecule has 0 unspecified atom stereocenters. The lowest BCUT2D eigenvalue weighted by Crippen LogP contribution is -1.97. The normalized spacial score (nSPS) is 11.3. The zero-order valence-corrected chi connectivity index (χ0v) is 11.5. The lowest BCUT2D eigenvalue weighted by Gasteiger charge is -2.04. The maximum Gasteiger partial charge on any atom is 0.117 e. The number of allylic oxidation sites excluding steroid dienone is 2. The Bertz CT molecular complexity index is 807. The maximum atomic E-state index is 9.22. The van der Waals surface area contributed by atoms with Crippen LogP contribution in [-0.4, -0.2) is 4.98 Å². The molecule has 0 amide bonds. The first-order valence-electron chi connectivity index (χ1n) is 6.83. The maximum absolute atomic E-state index is 9.22. The predicted molar refractivity (Wildman–Crippen MR) is 85.8 cm³/mol. The van der Waals surface area contributed by atoms with Crippen molar-refractivity contribution in [3.05, 3.63) is 78.1 Å². The minimum Gasteiger partial charge on any atom is -0.361 e. The van der Waals surface area contributed by atoms with Crippen LogP contribution in [0.5, 0.6) is 0 Å². The van der Waals surface area contributed by atoms with Crippen molar-refractivity contribution < 1.29 is 0 Å². The summed E-state index contributed by atoms with van der Waals surface area (Å²) in [6.07, 6.45) is 4.57. The summed E-state index contributed by atoms with van der Waals surface area (Å²) < 4.78 is 0. The lowest BCUT2D eigenvalue weighted by atomic mass is 10.1. The Hall–Kier alpha value is -2.99. The van der Waals surface area contributed by atoms with Gasteiger partial charge in [0.15, 0.2) is 0 Å². The smallest absolute Gasteiger partial charge is 0.117 e. The average Bonchev–Trinajstić information content (AvgIpc) is 3.00. The molecule has 0 aliphatic rings. The first-order chi connectivity index (χ1) is 10.3. The molecule has 21 heavy (non-hydrogen) atoms. The van der Waals surface area contributed by atoms with Crippen LogP contribution in [0, 0.1) is 11.3 Å². The van der Waals surface area contributed by atoms with E-state index in [1.807, 2.05) is 48.7 Å². The van der Waals surface area contributed by atoms with Crippen molar-refractivity contribution in [1.82, 2.24) is 4.98 Å². The number of rotatable bonds is 4. The number of hydrogen-bond donors (Lipinski definition) is 2. The van der Waals surface area contributed by atoms with Gasteiger partial charge in [0.2, 0.25) is 0 Å². The third-order valence-corrected chi connectivity index (χ3v) is 3.33. The minimum atomic E-state index is 0.563. The summed E-state index contributed by atoms with van der Waals surface area (Å²) in [6, 6.07) is 20.2. The molecular formula is C18H15N3. The fourth-order valence-corrected chi connectivity index (χ4v) is 2.24. The Balaban J connectivity index is 1.75. The van der Waals surface area contributed by atoms with Gasteiger partial charge in [0.1, 0.15) is 11.8 Å². The molecule has 0 saturated carbocycles. The molecule has 0 fully saturated rings. The first kappa shape index (κ1) is 13.0. The quantitative estimate of drug-likeness (QED) is 0.699. The van der Waals surface area contributed by atoms with E-state index in [0.717, 1.165) is 17.6 Å². The van der Waals surface area contributed by atoms with Crippen LogP contribution in [0.15, 0.2) is 72.6 Å². The van der Waals surface area contributed by atoms with Crippen LogP contribution in [0.4, 0.5) is 5.69 Å². The standard InChI is InChI=1S/C18H15N3/c19-13-17(21-16-4-2-1-3-5-16)9-7-14-6-8-15-10-11-20-18(15)12-14/h1-6,8-12,20-21H,7H2. The molecule has 0 spiro atoms. The van der Waals surface area contributed by atoms with E-state index in [1.54, 1.807) is 0 Å². The van der Waals surface area contributed by atoms with Crippen molar-refractivity contribution >= 4 is 16.6 Å². The fraction of sp³-hybridized carbons (Fsp3) is 0.0556. The average molecular weight is 273 g/mol. The molecule has 0 atom stereocenters. The molecule has 3 nitrogen and oxygen atoms in total. The Morgan fingerprint density at radius 2 is 2.00 bits per heavy atom. The van der Waals surface area contributed by atoms with Crippen LogP contribution >= 0.6 is 0 Å². The molecule has 3 aromatic rings. The number of nitrogens with zero attached hydrogens (tertiary/aromatic N) is 1. The van der Waals surface area contributed by atoms with Crippen molar-refractivity contribution in [1.29, 1.82) is 5.26 Å². The van der Waals surface area contributed by atoms with Crippen molar-refractivity contribution in [2.75, 3.05) is 5.32 Å². The second kappa shape index (κ2) is 5.98. The summed E-state index contributed by atoms with van der Waals surface area (Å²) in [5.41, 5.74) is 3.78. The van der Waals surface area contributed by atoms with Gasteiger partial charge >= 0.3 is 0 Å². The molecule has 2 N–H and O–H groups in total. The van der Waals surface area contributed by atoms with Crippen LogP contribution in [0.3, 0.4) is 0 Å². The second-order valence-electron chi connectivity index (χ2n) is 4.82. The number of aromatic amines is 1. The summed E-state index contributed by atoms with van der Waals surface area (Å²) in [7, 11) is 0. The van der Waals surface area contributed by atoms with Gasteiger partial charge in [0, 0.05) is 17.4 Å². The molecule has 102 valence electrons. The van der Waals surface area contributed by atoms with Gasteiger partial charge in [-0.15, -0.1) is 0 Å². The van der Waals surface area contributed by atoms with Crippen molar-refractivity contribution in [3.8, 4) is 6.07 Å². The number of para-hydroxylation sites is 1. The van der Waals surface area contributed by atoms with Gasteiger partial charge in [-0.3, -0.25) is 0 Å². The number of nitrogens with one attached hydrogen (secondary N) is 2. The Morgan fingerprint density at radius 1 is 1.14 bits per heavy atom. The lowest BCUT2D eigenvalue weighted by molar-refractivity contribution is 1.24. The van der Waals surface area contributed by atoms with E-state index in [2.05, 4.69) is 34.6 Å². The number of aromatic nitrogens is 1. The number of hydrogen-bond acceptors (Lipinski definition) is 2. The molecule has 0 radical (unpaired) electrons. The highest BCUT2D eigenvalue weighted by Gasteiger charge is 1.99. The van der Waals surface area contributed by atoms with Gasteiger partial charge in [0.05, 0.1) is 0 Å². The van der Waals surface area contributed by atoms with E-state index < -0.39 is 0 Å². The second-order valence-corrected chi connectivity index (χ2v) is 4.82. The summed E-state index contributed by atoms with van der Waals surface area (Å²) in [5, 5.41) is 13.5. The van der Waals surface area contributed by atoms with Crippen molar-refractivity contribution in [2.24, 2.45) is 0 Å². The number of H-pyrrole nitrogens is 1. The van der Waals surface area contributed by atoms with Crippen molar-refractivity contribution in [2.45, 2.75) is 6.42 Å². The van der Waals surface area contributed by atoms with Crippen molar-refractivity contribution in [3.63, 3.8) is 0 Å². The van der Waals surface area contributed by atoms with Gasteiger partial charge < -0.3 is 10.3 Å². The number of fused-ring (bicyclic) bond motifs is 1. The monoisotopic (exact) mass is 273 g/mol. The molecule has 0 aliphatic carbocycles. The number of nitriles is 1. The van der Waals surface area contributed by atoms with Gasteiger partial charge in [-0.1, -0.05) is 30.3 Å². The largest absolute Gasteiger partial charge is 0.361 e. The molecule has 0 bridgehead atoms. The number of anilines is 1. The molecule has 1 heterocycles. The predicted octanol–water partition coefficient (Wildman–Crippen LogP) is 4.23. The summed E-state index contributed by atoms with van der Waals surface area (Å²) in [6.45, 7) is 0. The van der Waals surface area contributed by atoms with Gasteiger partial charge in [-0.2, -0.15) is 5.26 Å². The highest BCUT2D eigenvalue weighted by atomic mass is 14.9. The fourth-order valence-electron chi connectivity index (χ4n) is 2.24. The van der Waals surface area contributed by atoms with E-state index in [9.17, 15) is 5.26 Å². The first-order valence-corrected chi connectivity index (χ1v) is 6.83. The van der Waals surface area contributed by atoms with Crippen LogP contribution in [0.1, 0.15) is 5.56 Å². The van der Waals surface area contributed by atoms with Gasteiger partial charge in [-0.25, -0.2) is 0 Å². The topological polar surface area (TPSA) is 51.6 Å². The van der Waals surface area contributed by atoms with Gasteiger partial charge in [-0.05, 0) is 47.7 Å². The molecule has 1 aromatic heterocycles. The SMILES string of the molecule is N#CC(=CCc1ccc2cc[nH]c2c1)Nc1ccccc1.